The standard InChI is InChI=1S/C14H19NO2S/c1-11-3-5-13(6-4-11)14(16)12(2)15-7-9-18(17)10-8-15/h3-6,12H,7-10H2,1-2H3. The van der Waals surface area contributed by atoms with Crippen LogP contribution in [0.3, 0.4) is 0 Å². The van der Waals surface area contributed by atoms with Crippen molar-refractivity contribution >= 4 is 16.6 Å². The van der Waals surface area contributed by atoms with Crippen molar-refractivity contribution < 1.29 is 9.00 Å². The van der Waals surface area contributed by atoms with E-state index in [1.165, 1.54) is 0 Å². The number of hydrogen-bond acceptors (Lipinski definition) is 3. The van der Waals surface area contributed by atoms with Crippen LogP contribution in [-0.2, 0) is 10.8 Å². The highest BCUT2D eigenvalue weighted by Gasteiger charge is 2.25. The molecule has 0 spiro atoms. The quantitative estimate of drug-likeness (QED) is 0.780. The Balaban J connectivity index is 2.04. The summed E-state index contributed by atoms with van der Waals surface area (Å²) < 4.78 is 11.3. The molecule has 0 radical (unpaired) electrons. The van der Waals surface area contributed by atoms with Crippen LogP contribution < -0.4 is 0 Å². The SMILES string of the molecule is Cc1ccc(C(=O)C(C)N2CCS(=O)CC2)cc1. The number of rotatable bonds is 3. The number of benzene rings is 1. The third kappa shape index (κ3) is 3.06. The molecular weight excluding hydrogens is 246 g/mol. The topological polar surface area (TPSA) is 37.4 Å². The largest absolute Gasteiger partial charge is 0.292 e. The molecule has 1 atom stereocenters. The summed E-state index contributed by atoms with van der Waals surface area (Å²) in [5, 5.41) is 0. The second-order valence-corrected chi connectivity index (χ2v) is 6.49. The molecule has 18 heavy (non-hydrogen) atoms. The van der Waals surface area contributed by atoms with Gasteiger partial charge in [0.05, 0.1) is 6.04 Å². The molecule has 0 amide bonds. The number of ketones is 1. The smallest absolute Gasteiger partial charge is 0.179 e. The van der Waals surface area contributed by atoms with Crippen molar-refractivity contribution in [3.05, 3.63) is 35.4 Å². The average molecular weight is 265 g/mol. The van der Waals surface area contributed by atoms with Crippen molar-refractivity contribution in [3.8, 4) is 0 Å². The van der Waals surface area contributed by atoms with E-state index in [4.69, 9.17) is 0 Å². The average Bonchev–Trinajstić information content (AvgIpc) is 2.39. The minimum absolute atomic E-state index is 0.120. The van der Waals surface area contributed by atoms with Gasteiger partial charge in [-0.25, -0.2) is 0 Å². The van der Waals surface area contributed by atoms with E-state index in [9.17, 15) is 9.00 Å². The molecule has 0 aromatic heterocycles. The fraction of sp³-hybridized carbons (Fsp3) is 0.500. The van der Waals surface area contributed by atoms with Crippen LogP contribution in [0.15, 0.2) is 24.3 Å². The maximum absolute atomic E-state index is 12.3. The van der Waals surface area contributed by atoms with Crippen LogP contribution in [0.5, 0.6) is 0 Å². The number of aryl methyl sites for hydroxylation is 1. The highest BCUT2D eigenvalue weighted by Crippen LogP contribution is 2.12. The zero-order valence-electron chi connectivity index (χ0n) is 10.9. The Bertz CT molecular complexity index is 445. The van der Waals surface area contributed by atoms with Crippen molar-refractivity contribution in [3.63, 3.8) is 0 Å². The highest BCUT2D eigenvalue weighted by atomic mass is 32.2. The molecule has 0 N–H and O–H groups in total. The lowest BCUT2D eigenvalue weighted by molar-refractivity contribution is 0.0850. The van der Waals surface area contributed by atoms with Crippen LogP contribution in [0.1, 0.15) is 22.8 Å². The first-order valence-electron chi connectivity index (χ1n) is 6.28. The summed E-state index contributed by atoms with van der Waals surface area (Å²) in [6.07, 6.45) is 0. The van der Waals surface area contributed by atoms with Crippen LogP contribution in [0.2, 0.25) is 0 Å². The Morgan fingerprint density at radius 3 is 2.33 bits per heavy atom. The van der Waals surface area contributed by atoms with Crippen molar-refractivity contribution in [2.45, 2.75) is 19.9 Å². The molecule has 4 heteroatoms. The lowest BCUT2D eigenvalue weighted by Crippen LogP contribution is -2.46. The van der Waals surface area contributed by atoms with Crippen LogP contribution in [0.25, 0.3) is 0 Å². The number of carbonyl (C=O) groups excluding carboxylic acids is 1. The first kappa shape index (κ1) is 13.4. The van der Waals surface area contributed by atoms with Gasteiger partial charge in [-0.1, -0.05) is 29.8 Å². The molecule has 3 nitrogen and oxygen atoms in total. The van der Waals surface area contributed by atoms with E-state index >= 15 is 0 Å². The second kappa shape index (κ2) is 5.76. The molecule has 1 heterocycles. The van der Waals surface area contributed by atoms with Gasteiger partial charge in [0.15, 0.2) is 5.78 Å². The van der Waals surface area contributed by atoms with Crippen LogP contribution in [0, 0.1) is 6.92 Å². The summed E-state index contributed by atoms with van der Waals surface area (Å²) in [5.74, 6) is 1.53. The minimum atomic E-state index is -0.691. The Morgan fingerprint density at radius 1 is 1.22 bits per heavy atom. The fourth-order valence-electron chi connectivity index (χ4n) is 2.16. The van der Waals surface area contributed by atoms with Gasteiger partial charge < -0.3 is 0 Å². The Kier molecular flexibility index (Phi) is 4.30. The van der Waals surface area contributed by atoms with Crippen molar-refractivity contribution in [1.82, 2.24) is 4.90 Å². The lowest BCUT2D eigenvalue weighted by atomic mass is 10.0. The van der Waals surface area contributed by atoms with Crippen molar-refractivity contribution in [2.75, 3.05) is 24.6 Å². The monoisotopic (exact) mass is 265 g/mol. The second-order valence-electron chi connectivity index (χ2n) is 4.79. The fourth-order valence-corrected chi connectivity index (χ4v) is 3.24. The maximum Gasteiger partial charge on any atom is 0.179 e. The van der Waals surface area contributed by atoms with Gasteiger partial charge in [0.1, 0.15) is 0 Å². The molecule has 1 fully saturated rings. The molecular formula is C14H19NO2S. The van der Waals surface area contributed by atoms with E-state index < -0.39 is 10.8 Å². The first-order valence-corrected chi connectivity index (χ1v) is 7.76. The molecule has 1 aliphatic rings. The summed E-state index contributed by atoms with van der Waals surface area (Å²) >= 11 is 0. The van der Waals surface area contributed by atoms with Crippen molar-refractivity contribution in [2.24, 2.45) is 0 Å². The van der Waals surface area contributed by atoms with E-state index in [0.29, 0.717) is 11.5 Å². The summed E-state index contributed by atoms with van der Waals surface area (Å²) in [6, 6.07) is 7.58. The van der Waals surface area contributed by atoms with E-state index in [2.05, 4.69) is 4.90 Å². The molecule has 1 saturated heterocycles. The molecule has 1 aromatic carbocycles. The number of nitrogens with zero attached hydrogens (tertiary/aromatic N) is 1. The van der Waals surface area contributed by atoms with Gasteiger partial charge >= 0.3 is 0 Å². The molecule has 1 aromatic rings. The van der Waals surface area contributed by atoms with Gasteiger partial charge in [0.2, 0.25) is 0 Å². The number of carbonyl (C=O) groups is 1. The summed E-state index contributed by atoms with van der Waals surface area (Å²) in [6.45, 7) is 5.46. The normalized spacial score (nSPS) is 19.7. The summed E-state index contributed by atoms with van der Waals surface area (Å²) in [5.41, 5.74) is 1.92. The predicted molar refractivity (Wildman–Crippen MR) is 74.4 cm³/mol. The van der Waals surface area contributed by atoms with Crippen LogP contribution in [0.4, 0.5) is 0 Å². The zero-order valence-corrected chi connectivity index (χ0v) is 11.7. The van der Waals surface area contributed by atoms with Gasteiger partial charge in [0.25, 0.3) is 0 Å². The summed E-state index contributed by atoms with van der Waals surface area (Å²) in [4.78, 5) is 14.4. The lowest BCUT2D eigenvalue weighted by Gasteiger charge is -2.31. The third-order valence-electron chi connectivity index (χ3n) is 3.48. The molecule has 2 rings (SSSR count). The van der Waals surface area contributed by atoms with Gasteiger partial charge in [0, 0.05) is 41.0 Å². The Hall–Kier alpha value is -1.00. The summed E-state index contributed by atoms with van der Waals surface area (Å²) in [7, 11) is -0.691. The molecule has 0 saturated carbocycles. The number of Topliss-reactive ketones (excluding diaryl/α,β-unsaturated/α-hetero) is 1. The Labute approximate surface area is 111 Å². The van der Waals surface area contributed by atoms with Crippen LogP contribution in [-0.4, -0.2) is 45.5 Å². The third-order valence-corrected chi connectivity index (χ3v) is 4.75. The van der Waals surface area contributed by atoms with Crippen molar-refractivity contribution in [1.29, 1.82) is 0 Å². The maximum atomic E-state index is 12.3. The number of hydrogen-bond donors (Lipinski definition) is 0. The van der Waals surface area contributed by atoms with Gasteiger partial charge in [-0.2, -0.15) is 0 Å². The van der Waals surface area contributed by atoms with E-state index in [1.807, 2.05) is 38.1 Å². The molecule has 1 aliphatic heterocycles. The molecule has 1 unspecified atom stereocenters. The van der Waals surface area contributed by atoms with Gasteiger partial charge in [-0.3, -0.25) is 13.9 Å². The molecule has 0 bridgehead atoms. The van der Waals surface area contributed by atoms with Gasteiger partial charge in [-0.05, 0) is 13.8 Å². The van der Waals surface area contributed by atoms with Gasteiger partial charge in [-0.15, -0.1) is 0 Å². The van der Waals surface area contributed by atoms with E-state index in [-0.39, 0.29) is 11.8 Å². The van der Waals surface area contributed by atoms with E-state index in [1.54, 1.807) is 0 Å². The zero-order chi connectivity index (χ0) is 13.1. The molecule has 98 valence electrons. The van der Waals surface area contributed by atoms with E-state index in [0.717, 1.165) is 24.2 Å². The Morgan fingerprint density at radius 2 is 1.78 bits per heavy atom. The van der Waals surface area contributed by atoms with Crippen LogP contribution >= 0.6 is 0 Å². The highest BCUT2D eigenvalue weighted by molar-refractivity contribution is 7.85. The minimum Gasteiger partial charge on any atom is -0.292 e. The predicted octanol–water partition coefficient (Wildman–Crippen LogP) is 1.63. The molecule has 0 aliphatic carbocycles. The first-order chi connectivity index (χ1) is 8.58.